The van der Waals surface area contributed by atoms with Crippen LogP contribution in [0.2, 0.25) is 0 Å². The second kappa shape index (κ2) is 8.40. The van der Waals surface area contributed by atoms with Crippen molar-refractivity contribution in [1.82, 2.24) is 4.90 Å². The van der Waals surface area contributed by atoms with Crippen molar-refractivity contribution in [3.05, 3.63) is 29.8 Å². The maximum absolute atomic E-state index is 13.7. The van der Waals surface area contributed by atoms with Crippen molar-refractivity contribution in [3.8, 4) is 0 Å². The monoisotopic (exact) mass is 558 g/mol. The minimum Gasteiger partial charge on any atom is -0.454 e. The number of carbonyl (C=O) groups excluding carboxylic acids is 1. The number of aliphatic hydroxyl groups is 3. The molecule has 5 saturated carbocycles. The van der Waals surface area contributed by atoms with Crippen LogP contribution in [-0.4, -0.2) is 107 Å². The number of carbonyl (C=O) groups is 1. The van der Waals surface area contributed by atoms with Crippen LogP contribution in [0.25, 0.3) is 0 Å². The Hall–Kier alpha value is -1.79. The van der Waals surface area contributed by atoms with E-state index in [0.29, 0.717) is 43.6 Å². The van der Waals surface area contributed by atoms with E-state index in [0.717, 1.165) is 0 Å². The molecule has 10 nitrogen and oxygen atoms in total. The van der Waals surface area contributed by atoms with Crippen LogP contribution in [0.4, 0.5) is 5.69 Å². The van der Waals surface area contributed by atoms with E-state index < -0.39 is 51.9 Å². The number of hydrogen-bond donors (Lipinski definition) is 4. The zero-order valence-electron chi connectivity index (χ0n) is 23.7. The molecule has 10 heteroatoms. The van der Waals surface area contributed by atoms with Crippen molar-refractivity contribution in [3.63, 3.8) is 0 Å². The molecule has 5 N–H and O–H groups in total. The van der Waals surface area contributed by atoms with Crippen LogP contribution in [0.1, 0.15) is 49.4 Å². The summed E-state index contributed by atoms with van der Waals surface area (Å²) in [4.78, 5) is 15.9. The Balaban J connectivity index is 1.45. The molecule has 1 saturated heterocycles. The first-order valence-electron chi connectivity index (χ1n) is 14.6. The molecule has 6 fully saturated rings. The number of nitrogen functional groups attached to an aromatic ring is 1. The Labute approximate surface area is 234 Å². The summed E-state index contributed by atoms with van der Waals surface area (Å²) < 4.78 is 24.7. The highest BCUT2D eigenvalue weighted by atomic mass is 16.6. The minimum absolute atomic E-state index is 0.0966. The summed E-state index contributed by atoms with van der Waals surface area (Å²) in [6, 6.07) is 6.38. The maximum atomic E-state index is 13.7. The average Bonchev–Trinajstić information content (AvgIpc) is 3.32. The zero-order valence-corrected chi connectivity index (χ0v) is 23.7. The Morgan fingerprint density at radius 2 is 1.82 bits per heavy atom. The lowest BCUT2D eigenvalue weighted by Gasteiger charge is -2.71. The molecule has 0 unspecified atom stereocenters. The first kappa shape index (κ1) is 27.1. The van der Waals surface area contributed by atoms with Crippen LogP contribution in [0.3, 0.4) is 0 Å². The van der Waals surface area contributed by atoms with Gasteiger partial charge in [-0.05, 0) is 44.4 Å². The number of benzene rings is 1. The molecule has 12 atom stereocenters. The van der Waals surface area contributed by atoms with E-state index in [1.807, 2.05) is 6.92 Å². The van der Waals surface area contributed by atoms with Gasteiger partial charge in [-0.15, -0.1) is 0 Å². The van der Waals surface area contributed by atoms with Crippen LogP contribution in [0, 0.1) is 23.2 Å². The normalized spacial score (nSPS) is 52.0. The molecular weight excluding hydrogens is 516 g/mol. The topological polar surface area (TPSA) is 144 Å². The number of likely N-dealkylation sites (N-methyl/N-ethyl adjacent to an activating group) is 1. The Bertz CT molecular complexity index is 1230. The van der Waals surface area contributed by atoms with Crippen molar-refractivity contribution in [1.29, 1.82) is 0 Å². The van der Waals surface area contributed by atoms with E-state index in [-0.39, 0.29) is 36.9 Å². The van der Waals surface area contributed by atoms with Gasteiger partial charge in [-0.1, -0.05) is 19.1 Å². The molecule has 0 aromatic heterocycles. The van der Waals surface area contributed by atoms with Gasteiger partial charge in [0.15, 0.2) is 0 Å². The summed E-state index contributed by atoms with van der Waals surface area (Å²) in [7, 11) is 4.85. The van der Waals surface area contributed by atoms with Crippen molar-refractivity contribution in [2.45, 2.75) is 85.8 Å². The van der Waals surface area contributed by atoms with Gasteiger partial charge in [-0.2, -0.15) is 0 Å². The number of piperidine rings is 1. The summed E-state index contributed by atoms with van der Waals surface area (Å²) >= 11 is 0. The third kappa shape index (κ3) is 2.69. The van der Waals surface area contributed by atoms with Crippen LogP contribution in [-0.2, 0) is 18.9 Å². The van der Waals surface area contributed by atoms with Crippen LogP contribution >= 0.6 is 0 Å². The van der Waals surface area contributed by atoms with Gasteiger partial charge in [0.05, 0.1) is 29.9 Å². The van der Waals surface area contributed by atoms with Gasteiger partial charge in [-0.25, -0.2) is 4.79 Å². The lowest BCUT2D eigenvalue weighted by atomic mass is 9.43. The number of rotatable bonds is 6. The SMILES string of the molecule is CCN1C[C@]2(OC(=O)c3ccccc3N)CC[C@H](OC)[C@@]34[C@@H]2C[C@](O)([C@@H]13)[C@@]1(O)C[C@H](OC)[C@H]2C[C@@H]4[C@]1(O)[C@H]2OC. The predicted molar refractivity (Wildman–Crippen MR) is 143 cm³/mol. The molecule has 6 aliphatic rings. The van der Waals surface area contributed by atoms with Crippen molar-refractivity contribution in [2.24, 2.45) is 23.2 Å². The first-order chi connectivity index (χ1) is 19.0. The highest BCUT2D eigenvalue weighted by Gasteiger charge is 2.93. The molecule has 1 aromatic carbocycles. The summed E-state index contributed by atoms with van der Waals surface area (Å²) in [5.74, 6) is -1.49. The van der Waals surface area contributed by atoms with Crippen LogP contribution in [0.5, 0.6) is 0 Å². The van der Waals surface area contributed by atoms with Gasteiger partial charge in [0.25, 0.3) is 0 Å². The van der Waals surface area contributed by atoms with Crippen molar-refractivity contribution >= 4 is 11.7 Å². The number of fused-ring (bicyclic) bond motifs is 2. The van der Waals surface area contributed by atoms with E-state index in [4.69, 9.17) is 24.7 Å². The number of hydrogen-bond acceptors (Lipinski definition) is 10. The van der Waals surface area contributed by atoms with Gasteiger partial charge in [0.2, 0.25) is 0 Å². The highest BCUT2D eigenvalue weighted by Crippen LogP contribution is 2.80. The number of nitrogens with zero attached hydrogens (tertiary/aromatic N) is 1. The molecule has 220 valence electrons. The number of esters is 1. The van der Waals surface area contributed by atoms with Gasteiger partial charge in [0, 0.05) is 63.2 Å². The van der Waals surface area contributed by atoms with E-state index in [2.05, 4.69) is 4.90 Å². The molecule has 0 radical (unpaired) electrons. The molecule has 7 rings (SSSR count). The summed E-state index contributed by atoms with van der Waals surface area (Å²) in [5, 5.41) is 38.5. The summed E-state index contributed by atoms with van der Waals surface area (Å²) in [6.07, 6.45) is 0.509. The van der Waals surface area contributed by atoms with Crippen LogP contribution < -0.4 is 5.73 Å². The standard InChI is InChI=1S/C30H42N2O8/c1-5-32-15-26(40-24(33)16-8-6-7-9-18(16)31)11-10-22(38-3)29-20-12-17-19(37-2)13-28(35,30(20,36)23(17)39-4)27(34,25(29)32)14-21(26)29/h6-9,17,19-23,25,34-36H,5,10-15,31H2,1-4H3/t17-,19+,20+,21-,22+,23+,25-,26-,27+,28+,29-,30+/m1/s1. The molecule has 40 heavy (non-hydrogen) atoms. The van der Waals surface area contributed by atoms with E-state index >= 15 is 0 Å². The average molecular weight is 559 g/mol. The Morgan fingerprint density at radius 1 is 1.07 bits per heavy atom. The molecule has 1 aliphatic heterocycles. The van der Waals surface area contributed by atoms with E-state index in [1.54, 1.807) is 45.6 Å². The quantitative estimate of drug-likeness (QED) is 0.294. The van der Waals surface area contributed by atoms with Crippen molar-refractivity contribution < 1.29 is 39.1 Å². The van der Waals surface area contributed by atoms with Gasteiger partial charge >= 0.3 is 5.97 Å². The smallest absolute Gasteiger partial charge is 0.340 e. The van der Waals surface area contributed by atoms with E-state index in [9.17, 15) is 20.1 Å². The molecular formula is C30H42N2O8. The zero-order chi connectivity index (χ0) is 28.5. The third-order valence-electron chi connectivity index (χ3n) is 12.4. The number of likely N-dealkylation sites (tertiary alicyclic amines) is 1. The third-order valence-corrected chi connectivity index (χ3v) is 12.4. The lowest BCUT2D eigenvalue weighted by Crippen LogP contribution is -2.87. The molecule has 1 heterocycles. The molecule has 5 aliphatic carbocycles. The van der Waals surface area contributed by atoms with Crippen molar-refractivity contribution in [2.75, 3.05) is 40.2 Å². The summed E-state index contributed by atoms with van der Waals surface area (Å²) in [5.41, 5.74) is -0.285. The lowest BCUT2D eigenvalue weighted by molar-refractivity contribution is -0.369. The summed E-state index contributed by atoms with van der Waals surface area (Å²) in [6.45, 7) is 3.01. The molecule has 1 spiro atoms. The van der Waals surface area contributed by atoms with Gasteiger partial charge < -0.3 is 40.0 Å². The fraction of sp³-hybridized carbons (Fsp3) is 0.767. The second-order valence-electron chi connectivity index (χ2n) is 13.2. The molecule has 0 amide bonds. The van der Waals surface area contributed by atoms with E-state index in [1.165, 1.54) is 0 Å². The van der Waals surface area contributed by atoms with Crippen LogP contribution in [0.15, 0.2) is 24.3 Å². The fourth-order valence-corrected chi connectivity index (χ4v) is 11.3. The second-order valence-corrected chi connectivity index (χ2v) is 13.2. The largest absolute Gasteiger partial charge is 0.454 e. The Kier molecular flexibility index (Phi) is 5.68. The fourth-order valence-electron chi connectivity index (χ4n) is 11.3. The highest BCUT2D eigenvalue weighted by molar-refractivity contribution is 5.95. The number of anilines is 1. The number of ether oxygens (including phenoxy) is 4. The number of para-hydroxylation sites is 1. The number of methoxy groups -OCH3 is 3. The number of nitrogens with two attached hydrogens (primary N) is 1. The first-order valence-corrected chi connectivity index (χ1v) is 14.6. The minimum atomic E-state index is -1.90. The predicted octanol–water partition coefficient (Wildman–Crippen LogP) is 0.960. The van der Waals surface area contributed by atoms with Gasteiger partial charge in [0.1, 0.15) is 22.4 Å². The molecule has 1 aromatic rings. The Morgan fingerprint density at radius 3 is 2.48 bits per heavy atom. The van der Waals surface area contributed by atoms with Gasteiger partial charge in [-0.3, -0.25) is 4.90 Å². The maximum Gasteiger partial charge on any atom is 0.340 e. The molecule has 7 bridgehead atoms.